The fourth-order valence-corrected chi connectivity index (χ4v) is 3.62. The number of nitrogens with one attached hydrogen (secondary N) is 1. The maximum absolute atomic E-state index is 11.9. The average Bonchev–Trinajstić information content (AvgIpc) is 2.53. The van der Waals surface area contributed by atoms with Gasteiger partial charge in [-0.1, -0.05) is 37.1 Å². The third kappa shape index (κ3) is 5.50. The summed E-state index contributed by atoms with van der Waals surface area (Å²) < 4.78 is 0. The molecule has 0 radical (unpaired) electrons. The molecule has 0 bridgehead atoms. The van der Waals surface area contributed by atoms with Crippen molar-refractivity contribution in [3.8, 4) is 0 Å². The van der Waals surface area contributed by atoms with Gasteiger partial charge in [0.25, 0.3) is 0 Å². The van der Waals surface area contributed by atoms with Crippen LogP contribution < -0.4 is 5.32 Å². The third-order valence-electron chi connectivity index (χ3n) is 3.73. The Morgan fingerprint density at radius 2 is 2.19 bits per heavy atom. The number of amides is 1. The first-order chi connectivity index (χ1) is 10.3. The molecule has 1 aromatic heterocycles. The van der Waals surface area contributed by atoms with Crippen LogP contribution in [0.2, 0.25) is 0 Å². The molecule has 0 aromatic carbocycles. The lowest BCUT2D eigenvalue weighted by Gasteiger charge is -2.22. The number of carbonyl (C=O) groups excluding carboxylic acids is 1. The maximum Gasteiger partial charge on any atom is 0.226 e. The van der Waals surface area contributed by atoms with Crippen molar-refractivity contribution in [2.75, 3.05) is 12.9 Å². The normalized spacial score (nSPS) is 16.7. The predicted octanol–water partition coefficient (Wildman–Crippen LogP) is 3.04. The van der Waals surface area contributed by atoms with Crippen molar-refractivity contribution >= 4 is 22.7 Å². The van der Waals surface area contributed by atoms with E-state index in [-0.39, 0.29) is 5.91 Å². The zero-order valence-corrected chi connectivity index (χ0v) is 13.4. The zero-order valence-electron chi connectivity index (χ0n) is 12.5. The molecule has 1 fully saturated rings. The van der Waals surface area contributed by atoms with Gasteiger partial charge in [0.05, 0.1) is 17.3 Å². The smallest absolute Gasteiger partial charge is 0.226 e. The van der Waals surface area contributed by atoms with Crippen molar-refractivity contribution in [1.29, 1.82) is 0 Å². The van der Waals surface area contributed by atoms with Crippen LogP contribution in [-0.4, -0.2) is 28.9 Å². The number of hydrogen-bond donors (Lipinski definition) is 1. The van der Waals surface area contributed by atoms with Gasteiger partial charge in [-0.3, -0.25) is 14.8 Å². The van der Waals surface area contributed by atoms with E-state index in [0.29, 0.717) is 18.2 Å². The first-order valence-electron chi connectivity index (χ1n) is 7.55. The number of aliphatic imine (C=N–C) groups is 1. The second-order valence-corrected chi connectivity index (χ2v) is 6.28. The van der Waals surface area contributed by atoms with Gasteiger partial charge in [-0.05, 0) is 25.0 Å². The van der Waals surface area contributed by atoms with Crippen molar-refractivity contribution < 1.29 is 4.79 Å². The molecule has 1 aliphatic rings. The number of pyridine rings is 1. The predicted molar refractivity (Wildman–Crippen MR) is 88.5 cm³/mol. The van der Waals surface area contributed by atoms with E-state index in [1.165, 1.54) is 37.1 Å². The van der Waals surface area contributed by atoms with E-state index in [1.54, 1.807) is 18.0 Å². The van der Waals surface area contributed by atoms with Crippen molar-refractivity contribution in [2.24, 2.45) is 10.9 Å². The summed E-state index contributed by atoms with van der Waals surface area (Å²) in [7, 11) is 1.85. The molecule has 0 spiro atoms. The van der Waals surface area contributed by atoms with Gasteiger partial charge in [0, 0.05) is 24.9 Å². The Balaban J connectivity index is 1.71. The molecule has 4 nitrogen and oxygen atoms in total. The van der Waals surface area contributed by atoms with Crippen LogP contribution in [0.5, 0.6) is 0 Å². The maximum atomic E-state index is 11.9. The number of aromatic nitrogens is 1. The summed E-state index contributed by atoms with van der Waals surface area (Å²) >= 11 is 1.66. The Labute approximate surface area is 130 Å². The largest absolute Gasteiger partial charge is 0.346 e. The summed E-state index contributed by atoms with van der Waals surface area (Å²) in [5.74, 6) is 1.20. The van der Waals surface area contributed by atoms with Crippen molar-refractivity contribution in [3.05, 3.63) is 30.1 Å². The topological polar surface area (TPSA) is 54.4 Å². The van der Waals surface area contributed by atoms with Crippen molar-refractivity contribution in [1.82, 2.24) is 10.3 Å². The van der Waals surface area contributed by atoms with E-state index in [9.17, 15) is 4.79 Å². The van der Waals surface area contributed by atoms with Gasteiger partial charge in [0.15, 0.2) is 0 Å². The SMILES string of the molecule is C/N=C(\SCNC(=O)Cc1ccccn1)C1CCCCC1. The second kappa shape index (κ2) is 8.82. The van der Waals surface area contributed by atoms with Crippen LogP contribution in [-0.2, 0) is 11.2 Å². The highest BCUT2D eigenvalue weighted by Crippen LogP contribution is 2.28. The van der Waals surface area contributed by atoms with E-state index in [2.05, 4.69) is 15.3 Å². The zero-order chi connectivity index (χ0) is 14.9. The minimum absolute atomic E-state index is 0.0142. The molecular formula is C16H23N3OS. The number of carbonyl (C=O) groups is 1. The van der Waals surface area contributed by atoms with Gasteiger partial charge in [-0.15, -0.1) is 0 Å². The highest BCUT2D eigenvalue weighted by atomic mass is 32.2. The highest BCUT2D eigenvalue weighted by molar-refractivity contribution is 8.13. The van der Waals surface area contributed by atoms with E-state index in [0.717, 1.165) is 5.69 Å². The Kier molecular flexibility index (Phi) is 6.73. The summed E-state index contributed by atoms with van der Waals surface area (Å²) in [6.07, 6.45) is 8.47. The summed E-state index contributed by atoms with van der Waals surface area (Å²) in [6.45, 7) is 0. The lowest BCUT2D eigenvalue weighted by molar-refractivity contribution is -0.120. The molecule has 21 heavy (non-hydrogen) atoms. The fraction of sp³-hybridized carbons (Fsp3) is 0.562. The lowest BCUT2D eigenvalue weighted by atomic mass is 9.90. The van der Waals surface area contributed by atoms with Crippen LogP contribution >= 0.6 is 11.8 Å². The van der Waals surface area contributed by atoms with Gasteiger partial charge in [-0.2, -0.15) is 0 Å². The molecule has 0 unspecified atom stereocenters. The molecule has 114 valence electrons. The standard InChI is InChI=1S/C16H23N3OS/c1-17-16(13-7-3-2-4-8-13)21-12-19-15(20)11-14-9-5-6-10-18-14/h5-6,9-10,13H,2-4,7-8,11-12H2,1H3,(H,19,20)/b17-16-. The Morgan fingerprint density at radius 3 is 2.86 bits per heavy atom. The molecule has 1 amide bonds. The van der Waals surface area contributed by atoms with Gasteiger partial charge in [0.1, 0.15) is 0 Å². The van der Waals surface area contributed by atoms with Crippen LogP contribution in [0.4, 0.5) is 0 Å². The molecule has 0 aliphatic heterocycles. The van der Waals surface area contributed by atoms with E-state index >= 15 is 0 Å². The van der Waals surface area contributed by atoms with E-state index in [4.69, 9.17) is 0 Å². The molecule has 0 saturated heterocycles. The van der Waals surface area contributed by atoms with E-state index < -0.39 is 0 Å². The summed E-state index contributed by atoms with van der Waals surface area (Å²) in [4.78, 5) is 20.4. The van der Waals surface area contributed by atoms with Crippen LogP contribution in [0.1, 0.15) is 37.8 Å². The fourth-order valence-electron chi connectivity index (χ4n) is 2.63. The first-order valence-corrected chi connectivity index (χ1v) is 8.54. The molecule has 2 rings (SSSR count). The molecule has 1 aromatic rings. The highest BCUT2D eigenvalue weighted by Gasteiger charge is 2.19. The summed E-state index contributed by atoms with van der Waals surface area (Å²) in [6, 6.07) is 5.62. The minimum Gasteiger partial charge on any atom is -0.346 e. The Hall–Kier alpha value is -1.36. The minimum atomic E-state index is 0.0142. The van der Waals surface area contributed by atoms with E-state index in [1.807, 2.05) is 25.2 Å². The number of nitrogens with zero attached hydrogens (tertiary/aromatic N) is 2. The van der Waals surface area contributed by atoms with Crippen molar-refractivity contribution in [2.45, 2.75) is 38.5 Å². The molecule has 1 N–H and O–H groups in total. The molecule has 1 aliphatic carbocycles. The van der Waals surface area contributed by atoms with Crippen LogP contribution in [0.25, 0.3) is 0 Å². The second-order valence-electron chi connectivity index (χ2n) is 5.28. The first kappa shape index (κ1) is 16.0. The van der Waals surface area contributed by atoms with Crippen LogP contribution in [0.15, 0.2) is 29.4 Å². The molecule has 1 heterocycles. The van der Waals surface area contributed by atoms with Gasteiger partial charge < -0.3 is 5.32 Å². The molecule has 0 atom stereocenters. The van der Waals surface area contributed by atoms with Gasteiger partial charge >= 0.3 is 0 Å². The lowest BCUT2D eigenvalue weighted by Crippen LogP contribution is -2.26. The van der Waals surface area contributed by atoms with Crippen LogP contribution in [0, 0.1) is 5.92 Å². The number of hydrogen-bond acceptors (Lipinski definition) is 4. The number of rotatable bonds is 5. The average molecular weight is 305 g/mol. The Bertz CT molecular complexity index is 470. The summed E-state index contributed by atoms with van der Waals surface area (Å²) in [5.41, 5.74) is 0.802. The van der Waals surface area contributed by atoms with Gasteiger partial charge in [0.2, 0.25) is 5.91 Å². The monoisotopic (exact) mass is 305 g/mol. The third-order valence-corrected chi connectivity index (χ3v) is 4.83. The molecule has 1 saturated carbocycles. The Morgan fingerprint density at radius 1 is 1.38 bits per heavy atom. The van der Waals surface area contributed by atoms with Crippen molar-refractivity contribution in [3.63, 3.8) is 0 Å². The summed E-state index contributed by atoms with van der Waals surface area (Å²) in [5, 5.41) is 4.13. The quantitative estimate of drug-likeness (QED) is 0.517. The van der Waals surface area contributed by atoms with Gasteiger partial charge in [-0.25, -0.2) is 0 Å². The molecular weight excluding hydrogens is 282 g/mol. The molecule has 5 heteroatoms. The van der Waals surface area contributed by atoms with Crippen LogP contribution in [0.3, 0.4) is 0 Å². The number of thioether (sulfide) groups is 1.